The molecule has 2 rings (SSSR count). The summed E-state index contributed by atoms with van der Waals surface area (Å²) in [4.78, 5) is 0. The van der Waals surface area contributed by atoms with Crippen LogP contribution in [0.5, 0.6) is 5.75 Å². The fourth-order valence-electron chi connectivity index (χ4n) is 1.97. The Hall–Kier alpha value is -2.17. The number of nitrogens with one attached hydrogen (secondary N) is 1. The van der Waals surface area contributed by atoms with Crippen molar-refractivity contribution in [2.24, 2.45) is 0 Å². The van der Waals surface area contributed by atoms with Crippen molar-refractivity contribution >= 4 is 5.69 Å². The Labute approximate surface area is 121 Å². The Bertz CT molecular complexity index is 596. The van der Waals surface area contributed by atoms with E-state index in [4.69, 9.17) is 0 Å². The van der Waals surface area contributed by atoms with Gasteiger partial charge in [0.25, 0.3) is 0 Å². The van der Waals surface area contributed by atoms with Crippen molar-refractivity contribution in [3.8, 4) is 5.75 Å². The van der Waals surface area contributed by atoms with E-state index in [1.165, 1.54) is 17.7 Å². The molecule has 0 radical (unpaired) electrons. The number of ether oxygens (including phenoxy) is 1. The zero-order valence-electron chi connectivity index (χ0n) is 11.6. The van der Waals surface area contributed by atoms with Gasteiger partial charge in [-0.05, 0) is 30.2 Å². The van der Waals surface area contributed by atoms with Crippen LogP contribution in [0.25, 0.3) is 0 Å². The van der Waals surface area contributed by atoms with Gasteiger partial charge in [0.05, 0.1) is 0 Å². The third-order valence-corrected chi connectivity index (χ3v) is 3.02. The second kappa shape index (κ2) is 6.52. The number of hydrogen-bond donors (Lipinski definition) is 1. The van der Waals surface area contributed by atoms with Gasteiger partial charge in [0.1, 0.15) is 5.75 Å². The maximum absolute atomic E-state index is 12.3. The molecule has 0 bridgehead atoms. The molecule has 21 heavy (non-hydrogen) atoms. The van der Waals surface area contributed by atoms with Crippen LogP contribution in [0.15, 0.2) is 48.5 Å². The molecule has 0 unspecified atom stereocenters. The van der Waals surface area contributed by atoms with Crippen LogP contribution in [0.3, 0.4) is 0 Å². The van der Waals surface area contributed by atoms with E-state index in [-0.39, 0.29) is 12.3 Å². The largest absolute Gasteiger partial charge is 0.573 e. The van der Waals surface area contributed by atoms with Crippen LogP contribution < -0.4 is 10.1 Å². The summed E-state index contributed by atoms with van der Waals surface area (Å²) in [6.07, 6.45) is -3.78. The van der Waals surface area contributed by atoms with Crippen molar-refractivity contribution in [2.45, 2.75) is 26.3 Å². The van der Waals surface area contributed by atoms with Gasteiger partial charge < -0.3 is 10.1 Å². The Morgan fingerprint density at radius 3 is 2.52 bits per heavy atom. The third kappa shape index (κ3) is 4.70. The zero-order chi connectivity index (χ0) is 15.3. The van der Waals surface area contributed by atoms with E-state index in [0.717, 1.165) is 12.1 Å². The molecule has 5 heteroatoms. The lowest BCUT2D eigenvalue weighted by atomic mass is 10.1. The summed E-state index contributed by atoms with van der Waals surface area (Å²) in [6, 6.07) is 13.9. The number of anilines is 1. The van der Waals surface area contributed by atoms with Crippen molar-refractivity contribution in [3.63, 3.8) is 0 Å². The standard InChI is InChI=1S/C16H16F3NO/c1-2-12-6-5-8-14(10-12)20-11-13-7-3-4-9-15(13)21-16(17,18)19/h3-10,20H,2,11H2,1H3. The molecule has 0 aliphatic rings. The smallest absolute Gasteiger partial charge is 0.405 e. The van der Waals surface area contributed by atoms with Crippen molar-refractivity contribution in [1.29, 1.82) is 0 Å². The van der Waals surface area contributed by atoms with Gasteiger partial charge in [0.15, 0.2) is 0 Å². The highest BCUT2D eigenvalue weighted by molar-refractivity contribution is 5.47. The Kier molecular flexibility index (Phi) is 4.73. The second-order valence-electron chi connectivity index (χ2n) is 4.56. The highest BCUT2D eigenvalue weighted by Gasteiger charge is 2.31. The van der Waals surface area contributed by atoms with Crippen LogP contribution >= 0.6 is 0 Å². The first kappa shape index (κ1) is 15.2. The second-order valence-corrected chi connectivity index (χ2v) is 4.56. The van der Waals surface area contributed by atoms with Gasteiger partial charge in [0, 0.05) is 17.8 Å². The first-order chi connectivity index (χ1) is 9.98. The van der Waals surface area contributed by atoms with E-state index >= 15 is 0 Å². The molecule has 0 amide bonds. The van der Waals surface area contributed by atoms with E-state index in [1.54, 1.807) is 12.1 Å². The van der Waals surface area contributed by atoms with Gasteiger partial charge in [-0.25, -0.2) is 0 Å². The molecule has 0 spiro atoms. The molecule has 0 atom stereocenters. The van der Waals surface area contributed by atoms with Gasteiger partial charge >= 0.3 is 6.36 Å². The summed E-state index contributed by atoms with van der Waals surface area (Å²) in [5.41, 5.74) is 2.49. The highest BCUT2D eigenvalue weighted by Crippen LogP contribution is 2.26. The number of benzene rings is 2. The van der Waals surface area contributed by atoms with Gasteiger partial charge in [-0.3, -0.25) is 0 Å². The Balaban J connectivity index is 2.09. The van der Waals surface area contributed by atoms with Crippen molar-refractivity contribution in [2.75, 3.05) is 5.32 Å². The fourth-order valence-corrected chi connectivity index (χ4v) is 1.97. The maximum Gasteiger partial charge on any atom is 0.573 e. The SMILES string of the molecule is CCc1cccc(NCc2ccccc2OC(F)(F)F)c1. The van der Waals surface area contributed by atoms with Crippen molar-refractivity contribution < 1.29 is 17.9 Å². The van der Waals surface area contributed by atoms with E-state index < -0.39 is 6.36 Å². The molecular weight excluding hydrogens is 279 g/mol. The third-order valence-electron chi connectivity index (χ3n) is 3.02. The number of hydrogen-bond acceptors (Lipinski definition) is 2. The predicted octanol–water partition coefficient (Wildman–Crippen LogP) is 4.76. The molecule has 2 nitrogen and oxygen atoms in total. The maximum atomic E-state index is 12.3. The van der Waals surface area contributed by atoms with Crippen molar-refractivity contribution in [1.82, 2.24) is 0 Å². The molecule has 2 aromatic rings. The lowest BCUT2D eigenvalue weighted by Crippen LogP contribution is -2.18. The van der Waals surface area contributed by atoms with E-state index in [0.29, 0.717) is 5.56 Å². The number of halogens is 3. The van der Waals surface area contributed by atoms with E-state index in [9.17, 15) is 13.2 Å². The molecule has 1 N–H and O–H groups in total. The summed E-state index contributed by atoms with van der Waals surface area (Å²) in [5.74, 6) is -0.177. The number of para-hydroxylation sites is 1. The minimum Gasteiger partial charge on any atom is -0.405 e. The molecule has 0 saturated carbocycles. The van der Waals surface area contributed by atoms with Crippen LogP contribution in [-0.2, 0) is 13.0 Å². The summed E-state index contributed by atoms with van der Waals surface area (Å²) < 4.78 is 41.0. The molecule has 0 aliphatic carbocycles. The Morgan fingerprint density at radius 1 is 1.05 bits per heavy atom. The van der Waals surface area contributed by atoms with Gasteiger partial charge in [-0.1, -0.05) is 37.3 Å². The summed E-state index contributed by atoms with van der Waals surface area (Å²) in [5, 5.41) is 3.11. The van der Waals surface area contributed by atoms with Crippen LogP contribution in [0, 0.1) is 0 Å². The number of alkyl halides is 3. The lowest BCUT2D eigenvalue weighted by molar-refractivity contribution is -0.274. The monoisotopic (exact) mass is 295 g/mol. The molecule has 0 heterocycles. The first-order valence-electron chi connectivity index (χ1n) is 6.64. The molecule has 0 aliphatic heterocycles. The van der Waals surface area contributed by atoms with Crippen LogP contribution in [0.4, 0.5) is 18.9 Å². The molecule has 0 aromatic heterocycles. The first-order valence-corrected chi connectivity index (χ1v) is 6.64. The number of aryl methyl sites for hydroxylation is 1. The Morgan fingerprint density at radius 2 is 1.81 bits per heavy atom. The van der Waals surface area contributed by atoms with Gasteiger partial charge in [-0.15, -0.1) is 13.2 Å². The fraction of sp³-hybridized carbons (Fsp3) is 0.250. The molecule has 0 fully saturated rings. The van der Waals surface area contributed by atoms with Gasteiger partial charge in [0.2, 0.25) is 0 Å². The van der Waals surface area contributed by atoms with Crippen LogP contribution in [0.2, 0.25) is 0 Å². The summed E-state index contributed by atoms with van der Waals surface area (Å²) in [6.45, 7) is 2.31. The molecular formula is C16H16F3NO. The zero-order valence-corrected chi connectivity index (χ0v) is 11.6. The van der Waals surface area contributed by atoms with Crippen molar-refractivity contribution in [3.05, 3.63) is 59.7 Å². The van der Waals surface area contributed by atoms with Gasteiger partial charge in [-0.2, -0.15) is 0 Å². The molecule has 112 valence electrons. The minimum atomic E-state index is -4.68. The summed E-state index contributed by atoms with van der Waals surface area (Å²) >= 11 is 0. The quantitative estimate of drug-likeness (QED) is 0.858. The average molecular weight is 295 g/mol. The summed E-state index contributed by atoms with van der Waals surface area (Å²) in [7, 11) is 0. The lowest BCUT2D eigenvalue weighted by Gasteiger charge is -2.14. The average Bonchev–Trinajstić information content (AvgIpc) is 2.45. The normalized spacial score (nSPS) is 11.2. The number of rotatable bonds is 5. The van der Waals surface area contributed by atoms with Crippen LogP contribution in [0.1, 0.15) is 18.1 Å². The van der Waals surface area contributed by atoms with Crippen LogP contribution in [-0.4, -0.2) is 6.36 Å². The predicted molar refractivity (Wildman–Crippen MR) is 76.3 cm³/mol. The molecule has 0 saturated heterocycles. The topological polar surface area (TPSA) is 21.3 Å². The highest BCUT2D eigenvalue weighted by atomic mass is 19.4. The van der Waals surface area contributed by atoms with E-state index in [1.807, 2.05) is 31.2 Å². The minimum absolute atomic E-state index is 0.177. The van der Waals surface area contributed by atoms with E-state index in [2.05, 4.69) is 10.1 Å². The molecule has 2 aromatic carbocycles.